The van der Waals surface area contributed by atoms with E-state index >= 15 is 0 Å². The molecule has 3 unspecified atom stereocenters. The van der Waals surface area contributed by atoms with E-state index in [1.165, 1.54) is 70.6 Å². The molecule has 1 fully saturated rings. The number of hydrogen-bond acceptors (Lipinski definition) is 6. The molecule has 254 valence electrons. The summed E-state index contributed by atoms with van der Waals surface area (Å²) in [5.41, 5.74) is 0. The minimum Gasteiger partial charge on any atom is -0.463 e. The first-order valence-electron chi connectivity index (χ1n) is 18.1. The highest BCUT2D eigenvalue weighted by Crippen LogP contribution is 2.29. The molecular weight excluding hydrogens is 552 g/mol. The number of carbonyl (C=O) groups is 2. The van der Waals surface area contributed by atoms with Gasteiger partial charge in [-0.25, -0.2) is 0 Å². The Bertz CT molecular complexity index is 788. The molecule has 0 aromatic heterocycles. The maximum atomic E-state index is 11.9. The molecule has 0 aliphatic carbocycles. The molecule has 44 heavy (non-hydrogen) atoms. The number of rotatable bonds is 30. The predicted octanol–water partition coefficient (Wildman–Crippen LogP) is 9.74. The lowest BCUT2D eigenvalue weighted by atomic mass is 9.99. The van der Waals surface area contributed by atoms with Crippen LogP contribution in [0.2, 0.25) is 0 Å². The molecule has 1 saturated heterocycles. The molecule has 0 aromatic carbocycles. The molecule has 6 heteroatoms. The number of ether oxygens (including phenoxy) is 3. The average molecular weight is 619 g/mol. The van der Waals surface area contributed by atoms with Gasteiger partial charge in [-0.2, -0.15) is 0 Å². The summed E-state index contributed by atoms with van der Waals surface area (Å²) in [4.78, 5) is 23.9. The molecule has 0 radical (unpaired) electrons. The SMILES string of the molecule is CCCCC/C=C\C/C=C\CC1OC1C/C=C\CCCC(=O)OC[C@@H](O)COC(=O)CCCCCCCCCCC(C)CC. The van der Waals surface area contributed by atoms with Crippen LogP contribution in [-0.4, -0.2) is 48.6 Å². The second-order valence-electron chi connectivity index (χ2n) is 12.6. The summed E-state index contributed by atoms with van der Waals surface area (Å²) in [7, 11) is 0. The number of esters is 2. The number of epoxide rings is 1. The molecule has 6 nitrogen and oxygen atoms in total. The van der Waals surface area contributed by atoms with Gasteiger partial charge in [0.05, 0.1) is 12.2 Å². The fourth-order valence-electron chi connectivity index (χ4n) is 5.04. The van der Waals surface area contributed by atoms with E-state index in [0.717, 1.165) is 50.9 Å². The second-order valence-corrected chi connectivity index (χ2v) is 12.6. The van der Waals surface area contributed by atoms with Crippen LogP contribution in [0.4, 0.5) is 0 Å². The molecule has 0 amide bonds. The molecule has 1 N–H and O–H groups in total. The van der Waals surface area contributed by atoms with Crippen LogP contribution >= 0.6 is 0 Å². The second kappa shape index (κ2) is 28.5. The summed E-state index contributed by atoms with van der Waals surface area (Å²) >= 11 is 0. The molecule has 0 spiro atoms. The number of unbranched alkanes of at least 4 members (excludes halogenated alkanes) is 11. The number of aliphatic hydroxyl groups is 1. The predicted molar refractivity (Wildman–Crippen MR) is 181 cm³/mol. The number of carbonyl (C=O) groups excluding carboxylic acids is 2. The monoisotopic (exact) mass is 618 g/mol. The Hall–Kier alpha value is -1.92. The van der Waals surface area contributed by atoms with Crippen molar-refractivity contribution in [3.8, 4) is 0 Å². The zero-order valence-electron chi connectivity index (χ0n) is 28.5. The Morgan fingerprint density at radius 3 is 1.84 bits per heavy atom. The lowest BCUT2D eigenvalue weighted by Crippen LogP contribution is -2.25. The van der Waals surface area contributed by atoms with E-state index in [0.29, 0.717) is 31.5 Å². The van der Waals surface area contributed by atoms with Crippen LogP contribution in [0.15, 0.2) is 36.5 Å². The van der Waals surface area contributed by atoms with Gasteiger partial charge in [0.2, 0.25) is 0 Å². The fourth-order valence-corrected chi connectivity index (χ4v) is 5.04. The van der Waals surface area contributed by atoms with Crippen molar-refractivity contribution in [2.24, 2.45) is 5.92 Å². The van der Waals surface area contributed by atoms with E-state index in [-0.39, 0.29) is 25.2 Å². The molecule has 0 saturated carbocycles. The Labute approximate surface area is 270 Å². The highest BCUT2D eigenvalue weighted by atomic mass is 16.6. The Balaban J connectivity index is 1.90. The van der Waals surface area contributed by atoms with Gasteiger partial charge in [-0.15, -0.1) is 0 Å². The first-order valence-corrected chi connectivity index (χ1v) is 18.1. The molecular formula is C38H66O6. The van der Waals surface area contributed by atoms with Crippen molar-refractivity contribution < 1.29 is 28.9 Å². The lowest BCUT2D eigenvalue weighted by molar-refractivity contribution is -0.152. The van der Waals surface area contributed by atoms with Crippen molar-refractivity contribution in [1.29, 1.82) is 0 Å². The minimum atomic E-state index is -0.989. The van der Waals surface area contributed by atoms with Gasteiger partial charge in [0.1, 0.15) is 19.3 Å². The zero-order chi connectivity index (χ0) is 32.1. The standard InChI is InChI=1S/C38H66O6/c1-4-6-7-8-9-10-14-17-22-27-35-36(44-35)28-23-19-20-25-30-38(41)43-32-34(39)31-42-37(40)29-24-18-15-12-11-13-16-21-26-33(3)5-2/h9-10,17,19,22-23,33-36,39H,4-8,11-16,18,20-21,24-32H2,1-3H3/b10-9-,22-17-,23-19-/t33?,34-,35?,36?/m0/s1. The van der Waals surface area contributed by atoms with Crippen molar-refractivity contribution in [2.45, 2.75) is 174 Å². The van der Waals surface area contributed by atoms with Crippen LogP contribution in [0.3, 0.4) is 0 Å². The topological polar surface area (TPSA) is 85.4 Å². The molecule has 0 bridgehead atoms. The van der Waals surface area contributed by atoms with Crippen LogP contribution in [0.1, 0.15) is 156 Å². The fraction of sp³-hybridized carbons (Fsp3) is 0.789. The van der Waals surface area contributed by atoms with Gasteiger partial charge in [0.25, 0.3) is 0 Å². The largest absolute Gasteiger partial charge is 0.463 e. The van der Waals surface area contributed by atoms with E-state index in [2.05, 4.69) is 57.2 Å². The summed E-state index contributed by atoms with van der Waals surface area (Å²) in [5.74, 6) is 0.215. The van der Waals surface area contributed by atoms with E-state index in [1.54, 1.807) is 0 Å². The van der Waals surface area contributed by atoms with Crippen LogP contribution in [-0.2, 0) is 23.8 Å². The van der Waals surface area contributed by atoms with Gasteiger partial charge in [0, 0.05) is 12.8 Å². The summed E-state index contributed by atoms with van der Waals surface area (Å²) < 4.78 is 16.0. The lowest BCUT2D eigenvalue weighted by Gasteiger charge is -2.12. The van der Waals surface area contributed by atoms with Crippen molar-refractivity contribution in [1.82, 2.24) is 0 Å². The minimum absolute atomic E-state index is 0.137. The van der Waals surface area contributed by atoms with Gasteiger partial charge in [-0.1, -0.05) is 128 Å². The molecule has 1 aliphatic heterocycles. The van der Waals surface area contributed by atoms with Crippen molar-refractivity contribution in [2.75, 3.05) is 13.2 Å². The summed E-state index contributed by atoms with van der Waals surface area (Å²) in [5, 5.41) is 9.99. The van der Waals surface area contributed by atoms with E-state index in [4.69, 9.17) is 14.2 Å². The molecule has 4 atom stereocenters. The smallest absolute Gasteiger partial charge is 0.305 e. The third-order valence-corrected chi connectivity index (χ3v) is 8.32. The van der Waals surface area contributed by atoms with Crippen LogP contribution in [0, 0.1) is 5.92 Å². The Morgan fingerprint density at radius 2 is 1.20 bits per heavy atom. The van der Waals surface area contributed by atoms with Crippen molar-refractivity contribution in [3.63, 3.8) is 0 Å². The maximum Gasteiger partial charge on any atom is 0.305 e. The summed E-state index contributed by atoms with van der Waals surface area (Å²) in [6.45, 7) is 6.54. The normalized spacial score (nSPS) is 17.9. The third-order valence-electron chi connectivity index (χ3n) is 8.32. The van der Waals surface area contributed by atoms with Crippen LogP contribution < -0.4 is 0 Å². The quantitative estimate of drug-likeness (QED) is 0.0373. The highest BCUT2D eigenvalue weighted by molar-refractivity contribution is 5.69. The van der Waals surface area contributed by atoms with Crippen LogP contribution in [0.5, 0.6) is 0 Å². The van der Waals surface area contributed by atoms with Gasteiger partial charge < -0.3 is 19.3 Å². The molecule has 1 heterocycles. The van der Waals surface area contributed by atoms with Crippen molar-refractivity contribution in [3.05, 3.63) is 36.5 Å². The molecule has 0 aromatic rings. The van der Waals surface area contributed by atoms with Gasteiger partial charge in [0.15, 0.2) is 0 Å². The van der Waals surface area contributed by atoms with Crippen molar-refractivity contribution >= 4 is 11.9 Å². The Morgan fingerprint density at radius 1 is 0.682 bits per heavy atom. The van der Waals surface area contributed by atoms with E-state index < -0.39 is 6.10 Å². The highest BCUT2D eigenvalue weighted by Gasteiger charge is 2.35. The molecule has 1 aliphatic rings. The maximum absolute atomic E-state index is 11.9. The first kappa shape index (κ1) is 40.1. The summed E-state index contributed by atoms with van der Waals surface area (Å²) in [6, 6.07) is 0. The Kier molecular flexibility index (Phi) is 26.0. The van der Waals surface area contributed by atoms with Gasteiger partial charge in [-0.3, -0.25) is 9.59 Å². The summed E-state index contributed by atoms with van der Waals surface area (Å²) in [6.07, 6.45) is 35.1. The van der Waals surface area contributed by atoms with E-state index in [1.807, 2.05) is 0 Å². The van der Waals surface area contributed by atoms with E-state index in [9.17, 15) is 14.7 Å². The third kappa shape index (κ3) is 25.4. The number of hydrogen-bond donors (Lipinski definition) is 1. The van der Waals surface area contributed by atoms with Crippen LogP contribution in [0.25, 0.3) is 0 Å². The van der Waals surface area contributed by atoms with Gasteiger partial charge in [-0.05, 0) is 57.3 Å². The molecule has 1 rings (SSSR count). The number of aliphatic hydroxyl groups excluding tert-OH is 1. The average Bonchev–Trinajstić information content (AvgIpc) is 3.78. The zero-order valence-corrected chi connectivity index (χ0v) is 28.5. The first-order chi connectivity index (χ1) is 21.5. The number of allylic oxidation sites excluding steroid dienone is 4. The van der Waals surface area contributed by atoms with Gasteiger partial charge >= 0.3 is 11.9 Å².